The van der Waals surface area contributed by atoms with Gasteiger partial charge in [0.2, 0.25) is 5.91 Å². The van der Waals surface area contributed by atoms with E-state index in [0.717, 1.165) is 32.1 Å². The SMILES string of the molecule is CCCCCCCC(C(N)=O)C(=O)C(O)CO. The first kappa shape index (κ1) is 16.1. The Morgan fingerprint density at radius 1 is 1.18 bits per heavy atom. The van der Waals surface area contributed by atoms with Crippen molar-refractivity contribution >= 4 is 11.7 Å². The van der Waals surface area contributed by atoms with Crippen molar-refractivity contribution in [3.05, 3.63) is 0 Å². The number of hydrogen-bond donors (Lipinski definition) is 3. The zero-order chi connectivity index (χ0) is 13.3. The van der Waals surface area contributed by atoms with Crippen LogP contribution in [-0.2, 0) is 9.59 Å². The highest BCUT2D eigenvalue weighted by atomic mass is 16.3. The van der Waals surface area contributed by atoms with E-state index < -0.39 is 30.3 Å². The molecule has 0 heterocycles. The van der Waals surface area contributed by atoms with Gasteiger partial charge in [0.1, 0.15) is 6.10 Å². The number of nitrogens with two attached hydrogens (primary N) is 1. The average molecular weight is 245 g/mol. The molecule has 0 spiro atoms. The van der Waals surface area contributed by atoms with Crippen LogP contribution in [0.15, 0.2) is 0 Å². The smallest absolute Gasteiger partial charge is 0.228 e. The highest BCUT2D eigenvalue weighted by Crippen LogP contribution is 2.14. The molecule has 0 rings (SSSR count). The summed E-state index contributed by atoms with van der Waals surface area (Å²) < 4.78 is 0. The molecular formula is C12H23NO4. The Kier molecular flexibility index (Phi) is 8.62. The van der Waals surface area contributed by atoms with Gasteiger partial charge < -0.3 is 15.9 Å². The summed E-state index contributed by atoms with van der Waals surface area (Å²) in [6.45, 7) is 1.44. The molecule has 1 amide bonds. The van der Waals surface area contributed by atoms with E-state index in [1.165, 1.54) is 0 Å². The third kappa shape index (κ3) is 6.38. The summed E-state index contributed by atoms with van der Waals surface area (Å²) in [6, 6.07) is 0. The standard InChI is InChI=1S/C12H23NO4/c1-2-3-4-5-6-7-9(12(13)17)11(16)10(15)8-14/h9-10,14-15H,2-8H2,1H3,(H2,13,17). The van der Waals surface area contributed by atoms with Crippen LogP contribution in [0.1, 0.15) is 45.4 Å². The summed E-state index contributed by atoms with van der Waals surface area (Å²) in [4.78, 5) is 22.6. The molecule has 5 heteroatoms. The van der Waals surface area contributed by atoms with Crippen molar-refractivity contribution in [1.29, 1.82) is 0 Å². The summed E-state index contributed by atoms with van der Waals surface area (Å²) in [6.07, 6.45) is 3.87. The number of carbonyl (C=O) groups excluding carboxylic acids is 2. The fraction of sp³-hybridized carbons (Fsp3) is 0.833. The molecule has 5 nitrogen and oxygen atoms in total. The zero-order valence-electron chi connectivity index (χ0n) is 10.4. The molecule has 0 aromatic carbocycles. The van der Waals surface area contributed by atoms with E-state index in [-0.39, 0.29) is 0 Å². The minimum absolute atomic E-state index is 0.356. The van der Waals surface area contributed by atoms with Gasteiger partial charge in [-0.2, -0.15) is 0 Å². The van der Waals surface area contributed by atoms with E-state index in [0.29, 0.717) is 6.42 Å². The predicted octanol–water partition coefficient (Wildman–Crippen LogP) is 0.371. The lowest BCUT2D eigenvalue weighted by molar-refractivity contribution is -0.139. The number of primary amides is 1. The maximum Gasteiger partial charge on any atom is 0.228 e. The number of rotatable bonds is 10. The molecule has 0 aliphatic carbocycles. The Morgan fingerprint density at radius 3 is 2.24 bits per heavy atom. The second-order valence-electron chi connectivity index (χ2n) is 4.26. The Hall–Kier alpha value is -0.940. The maximum absolute atomic E-state index is 11.5. The van der Waals surface area contributed by atoms with Gasteiger partial charge in [0, 0.05) is 0 Å². The zero-order valence-corrected chi connectivity index (χ0v) is 10.4. The summed E-state index contributed by atoms with van der Waals surface area (Å²) in [5, 5.41) is 17.8. The Bertz CT molecular complexity index is 243. The number of carbonyl (C=O) groups is 2. The first-order valence-electron chi connectivity index (χ1n) is 6.16. The highest BCUT2D eigenvalue weighted by molar-refractivity contribution is 6.02. The molecule has 0 aromatic rings. The number of unbranched alkanes of at least 4 members (excludes halogenated alkanes) is 4. The van der Waals surface area contributed by atoms with Crippen molar-refractivity contribution < 1.29 is 19.8 Å². The fourth-order valence-electron chi connectivity index (χ4n) is 1.70. The molecule has 0 aromatic heterocycles. The number of aliphatic hydroxyl groups is 2. The van der Waals surface area contributed by atoms with Crippen LogP contribution in [0.25, 0.3) is 0 Å². The van der Waals surface area contributed by atoms with E-state index in [1.807, 2.05) is 0 Å². The summed E-state index contributed by atoms with van der Waals surface area (Å²) in [7, 11) is 0. The van der Waals surface area contributed by atoms with Gasteiger partial charge in [0.05, 0.1) is 12.5 Å². The molecule has 0 saturated heterocycles. The lowest BCUT2D eigenvalue weighted by Gasteiger charge is -2.14. The van der Waals surface area contributed by atoms with Gasteiger partial charge >= 0.3 is 0 Å². The van der Waals surface area contributed by atoms with Crippen molar-refractivity contribution in [2.75, 3.05) is 6.61 Å². The molecule has 0 aliphatic heterocycles. The lowest BCUT2D eigenvalue weighted by Crippen LogP contribution is -2.38. The van der Waals surface area contributed by atoms with E-state index >= 15 is 0 Å². The topological polar surface area (TPSA) is 101 Å². The average Bonchev–Trinajstić information content (AvgIpc) is 2.31. The van der Waals surface area contributed by atoms with E-state index in [4.69, 9.17) is 10.8 Å². The van der Waals surface area contributed by atoms with Crippen LogP contribution in [0.5, 0.6) is 0 Å². The van der Waals surface area contributed by atoms with Crippen molar-refractivity contribution in [2.45, 2.75) is 51.6 Å². The number of ketones is 1. The first-order chi connectivity index (χ1) is 8.04. The van der Waals surface area contributed by atoms with Crippen LogP contribution in [0.4, 0.5) is 0 Å². The van der Waals surface area contributed by atoms with Crippen molar-refractivity contribution in [2.24, 2.45) is 11.7 Å². The van der Waals surface area contributed by atoms with Crippen molar-refractivity contribution in [3.63, 3.8) is 0 Å². The van der Waals surface area contributed by atoms with Crippen LogP contribution >= 0.6 is 0 Å². The Labute approximate surface area is 102 Å². The van der Waals surface area contributed by atoms with Gasteiger partial charge in [-0.05, 0) is 6.42 Å². The second kappa shape index (κ2) is 9.13. The van der Waals surface area contributed by atoms with Crippen LogP contribution < -0.4 is 5.73 Å². The molecule has 2 unspecified atom stereocenters. The summed E-state index contributed by atoms with van der Waals surface area (Å²) in [5.74, 6) is -2.37. The van der Waals surface area contributed by atoms with Crippen molar-refractivity contribution in [3.8, 4) is 0 Å². The van der Waals surface area contributed by atoms with Gasteiger partial charge in [0.25, 0.3) is 0 Å². The fourth-order valence-corrected chi connectivity index (χ4v) is 1.70. The number of hydrogen-bond acceptors (Lipinski definition) is 4. The largest absolute Gasteiger partial charge is 0.393 e. The molecule has 0 fully saturated rings. The molecule has 0 bridgehead atoms. The van der Waals surface area contributed by atoms with Crippen LogP contribution in [0, 0.1) is 5.92 Å². The minimum Gasteiger partial charge on any atom is -0.393 e. The first-order valence-corrected chi connectivity index (χ1v) is 6.16. The molecule has 2 atom stereocenters. The van der Waals surface area contributed by atoms with E-state index in [2.05, 4.69) is 6.92 Å². The predicted molar refractivity (Wildman–Crippen MR) is 64.2 cm³/mol. The van der Waals surface area contributed by atoms with Gasteiger partial charge in [0.15, 0.2) is 5.78 Å². The normalized spacial score (nSPS) is 14.3. The lowest BCUT2D eigenvalue weighted by atomic mass is 9.93. The van der Waals surface area contributed by atoms with Crippen LogP contribution in [0.2, 0.25) is 0 Å². The number of Topliss-reactive ketones (excluding diaryl/α,β-unsaturated/α-hetero) is 1. The van der Waals surface area contributed by atoms with Crippen LogP contribution in [0.3, 0.4) is 0 Å². The quantitative estimate of drug-likeness (QED) is 0.382. The van der Waals surface area contributed by atoms with Crippen LogP contribution in [-0.4, -0.2) is 34.6 Å². The summed E-state index contributed by atoms with van der Waals surface area (Å²) >= 11 is 0. The monoisotopic (exact) mass is 245 g/mol. The van der Waals surface area contributed by atoms with Crippen molar-refractivity contribution in [1.82, 2.24) is 0 Å². The van der Waals surface area contributed by atoms with Gasteiger partial charge in [-0.15, -0.1) is 0 Å². The number of amides is 1. The third-order valence-corrected chi connectivity index (χ3v) is 2.78. The van der Waals surface area contributed by atoms with Gasteiger partial charge in [-0.3, -0.25) is 9.59 Å². The molecule has 0 saturated carbocycles. The Balaban J connectivity index is 4.08. The molecule has 0 radical (unpaired) electrons. The summed E-state index contributed by atoms with van der Waals surface area (Å²) in [5.41, 5.74) is 5.12. The molecule has 100 valence electrons. The Morgan fingerprint density at radius 2 is 1.76 bits per heavy atom. The molecule has 17 heavy (non-hydrogen) atoms. The van der Waals surface area contributed by atoms with E-state index in [9.17, 15) is 14.7 Å². The molecular weight excluding hydrogens is 222 g/mol. The molecule has 4 N–H and O–H groups in total. The molecule has 0 aliphatic rings. The minimum atomic E-state index is -1.50. The maximum atomic E-state index is 11.5. The third-order valence-electron chi connectivity index (χ3n) is 2.78. The highest BCUT2D eigenvalue weighted by Gasteiger charge is 2.28. The second-order valence-corrected chi connectivity index (χ2v) is 4.26. The van der Waals surface area contributed by atoms with E-state index in [1.54, 1.807) is 0 Å². The van der Waals surface area contributed by atoms with Gasteiger partial charge in [-0.25, -0.2) is 0 Å². The number of aliphatic hydroxyl groups excluding tert-OH is 2. The van der Waals surface area contributed by atoms with Gasteiger partial charge in [-0.1, -0.05) is 39.0 Å².